The van der Waals surface area contributed by atoms with Crippen molar-refractivity contribution in [3.05, 3.63) is 68.9 Å². The van der Waals surface area contributed by atoms with E-state index in [-0.39, 0.29) is 11.6 Å². The number of nitrogens with one attached hydrogen (secondary N) is 2. The topological polar surface area (TPSA) is 116 Å². The number of carbonyl (C=O) groups is 2. The van der Waals surface area contributed by atoms with Gasteiger partial charge < -0.3 is 26.2 Å². The highest BCUT2D eigenvalue weighted by molar-refractivity contribution is 14.1. The van der Waals surface area contributed by atoms with Crippen molar-refractivity contribution in [1.29, 1.82) is 0 Å². The predicted molar refractivity (Wildman–Crippen MR) is 146 cm³/mol. The van der Waals surface area contributed by atoms with Gasteiger partial charge in [-0.15, -0.1) is 10.2 Å². The molecule has 2 heterocycles. The lowest BCUT2D eigenvalue weighted by molar-refractivity contribution is -0.129. The van der Waals surface area contributed by atoms with E-state index in [0.29, 0.717) is 18.1 Å². The molecule has 0 radical (unpaired) electrons. The summed E-state index contributed by atoms with van der Waals surface area (Å²) < 4.78 is 1.15. The summed E-state index contributed by atoms with van der Waals surface area (Å²) in [7, 11) is 0. The van der Waals surface area contributed by atoms with E-state index in [0.717, 1.165) is 46.7 Å². The standard InChI is InChI=1S/C25H28IN7O2/c1-16-11-18(13-19(26)12-16)15-28-22-14-23(30-31-24(22)25(27)35)29-20-3-5-21(6-4-20)33-9-7-32(8-10-33)17(2)34/h3-6,11-14H,7-10,15H2,1-2H3,(H2,27,35)(H2,28,29,30). The second-order valence-corrected chi connectivity index (χ2v) is 9.76. The molecule has 1 saturated heterocycles. The fraction of sp³-hybridized carbons (Fsp3) is 0.280. The van der Waals surface area contributed by atoms with Gasteiger partial charge in [0.1, 0.15) is 0 Å². The molecule has 0 aliphatic carbocycles. The third-order valence-electron chi connectivity index (χ3n) is 5.84. The summed E-state index contributed by atoms with van der Waals surface area (Å²) in [4.78, 5) is 27.6. The molecule has 35 heavy (non-hydrogen) atoms. The first kappa shape index (κ1) is 24.7. The summed E-state index contributed by atoms with van der Waals surface area (Å²) in [5.41, 5.74) is 10.3. The number of primary amides is 1. The van der Waals surface area contributed by atoms with Crippen LogP contribution in [0.1, 0.15) is 28.5 Å². The van der Waals surface area contributed by atoms with Gasteiger partial charge in [-0.3, -0.25) is 9.59 Å². The lowest BCUT2D eigenvalue weighted by atomic mass is 10.1. The molecule has 0 atom stereocenters. The number of rotatable bonds is 7. The third kappa shape index (κ3) is 6.38. The van der Waals surface area contributed by atoms with Crippen LogP contribution in [-0.2, 0) is 11.3 Å². The SMILES string of the molecule is CC(=O)N1CCN(c2ccc(Nc3cc(NCc4cc(C)cc(I)c4)c(C(N)=O)nn3)cc2)CC1. The van der Waals surface area contributed by atoms with Crippen molar-refractivity contribution in [3.63, 3.8) is 0 Å². The average Bonchev–Trinajstić information content (AvgIpc) is 2.83. The molecule has 9 nitrogen and oxygen atoms in total. The molecule has 4 rings (SSSR count). The van der Waals surface area contributed by atoms with Gasteiger partial charge in [-0.25, -0.2) is 0 Å². The number of hydrogen-bond acceptors (Lipinski definition) is 7. The largest absolute Gasteiger partial charge is 0.379 e. The second-order valence-electron chi connectivity index (χ2n) is 8.51. The molecule has 2 amide bonds. The van der Waals surface area contributed by atoms with Gasteiger partial charge in [0.15, 0.2) is 11.5 Å². The van der Waals surface area contributed by atoms with Crippen LogP contribution in [0.2, 0.25) is 0 Å². The van der Waals surface area contributed by atoms with Gasteiger partial charge >= 0.3 is 0 Å². The smallest absolute Gasteiger partial charge is 0.271 e. The number of nitrogens with two attached hydrogens (primary N) is 1. The molecule has 2 aromatic carbocycles. The lowest BCUT2D eigenvalue weighted by Gasteiger charge is -2.35. The molecule has 0 saturated carbocycles. The van der Waals surface area contributed by atoms with Gasteiger partial charge in [0.2, 0.25) is 5.91 Å². The maximum Gasteiger partial charge on any atom is 0.271 e. The molecule has 182 valence electrons. The first-order chi connectivity index (χ1) is 16.8. The van der Waals surface area contributed by atoms with Gasteiger partial charge in [0.05, 0.1) is 5.69 Å². The zero-order valence-corrected chi connectivity index (χ0v) is 21.9. The summed E-state index contributed by atoms with van der Waals surface area (Å²) in [6, 6.07) is 16.0. The Morgan fingerprint density at radius 3 is 2.37 bits per heavy atom. The zero-order valence-electron chi connectivity index (χ0n) is 19.7. The van der Waals surface area contributed by atoms with E-state index in [2.05, 4.69) is 66.5 Å². The molecular formula is C25H28IN7O2. The van der Waals surface area contributed by atoms with Crippen molar-refractivity contribution in [2.75, 3.05) is 41.7 Å². The molecule has 0 unspecified atom stereocenters. The molecule has 1 aromatic heterocycles. The van der Waals surface area contributed by atoms with Crippen LogP contribution in [0.3, 0.4) is 0 Å². The first-order valence-electron chi connectivity index (χ1n) is 11.3. The van der Waals surface area contributed by atoms with Crippen molar-refractivity contribution in [2.45, 2.75) is 20.4 Å². The van der Waals surface area contributed by atoms with Gasteiger partial charge in [-0.2, -0.15) is 0 Å². The summed E-state index contributed by atoms with van der Waals surface area (Å²) in [6.45, 7) is 7.26. The number of benzene rings is 2. The first-order valence-corrected chi connectivity index (χ1v) is 12.4. The number of anilines is 4. The van der Waals surface area contributed by atoms with E-state index in [1.54, 1.807) is 13.0 Å². The van der Waals surface area contributed by atoms with E-state index in [4.69, 9.17) is 5.73 Å². The fourth-order valence-electron chi connectivity index (χ4n) is 4.06. The number of halogens is 1. The number of aryl methyl sites for hydroxylation is 1. The average molecular weight is 585 g/mol. The van der Waals surface area contributed by atoms with E-state index < -0.39 is 5.91 Å². The van der Waals surface area contributed by atoms with Crippen molar-refractivity contribution >= 4 is 57.3 Å². The van der Waals surface area contributed by atoms with E-state index in [9.17, 15) is 9.59 Å². The molecule has 3 aromatic rings. The minimum atomic E-state index is -0.639. The van der Waals surface area contributed by atoms with Crippen LogP contribution in [0, 0.1) is 10.5 Å². The Balaban J connectivity index is 1.44. The molecule has 1 aliphatic rings. The molecule has 0 bridgehead atoms. The highest BCUT2D eigenvalue weighted by atomic mass is 127. The monoisotopic (exact) mass is 585 g/mol. The summed E-state index contributed by atoms with van der Waals surface area (Å²) in [5, 5.41) is 14.7. The summed E-state index contributed by atoms with van der Waals surface area (Å²) in [6.07, 6.45) is 0. The fourth-order valence-corrected chi connectivity index (χ4v) is 4.96. The summed E-state index contributed by atoms with van der Waals surface area (Å²) in [5.74, 6) is -0.0195. The van der Waals surface area contributed by atoms with E-state index in [1.165, 1.54) is 5.56 Å². The minimum absolute atomic E-state index is 0.0953. The van der Waals surface area contributed by atoms with Crippen LogP contribution in [-0.4, -0.2) is 53.1 Å². The number of hydrogen-bond donors (Lipinski definition) is 3. The van der Waals surface area contributed by atoms with Crippen LogP contribution in [0.4, 0.5) is 22.9 Å². The Bertz CT molecular complexity index is 1200. The van der Waals surface area contributed by atoms with Crippen LogP contribution >= 0.6 is 22.6 Å². The van der Waals surface area contributed by atoms with Crippen molar-refractivity contribution < 1.29 is 9.59 Å². The molecule has 1 fully saturated rings. The van der Waals surface area contributed by atoms with Gasteiger partial charge in [0.25, 0.3) is 5.91 Å². The van der Waals surface area contributed by atoms with E-state index >= 15 is 0 Å². The van der Waals surface area contributed by atoms with E-state index in [1.807, 2.05) is 36.1 Å². The Labute approximate surface area is 218 Å². The summed E-state index contributed by atoms with van der Waals surface area (Å²) >= 11 is 2.29. The number of carbonyl (C=O) groups excluding carboxylic acids is 2. The van der Waals surface area contributed by atoms with Gasteiger partial charge in [0, 0.05) is 60.7 Å². The predicted octanol–water partition coefficient (Wildman–Crippen LogP) is 3.51. The number of piperazine rings is 1. The lowest BCUT2D eigenvalue weighted by Crippen LogP contribution is -2.48. The van der Waals surface area contributed by atoms with Crippen molar-refractivity contribution in [2.24, 2.45) is 5.73 Å². The molecule has 0 spiro atoms. The Kier molecular flexibility index (Phi) is 7.69. The highest BCUT2D eigenvalue weighted by Crippen LogP contribution is 2.24. The maximum atomic E-state index is 11.9. The van der Waals surface area contributed by atoms with Gasteiger partial charge in [-0.1, -0.05) is 6.07 Å². The normalized spacial score (nSPS) is 13.5. The van der Waals surface area contributed by atoms with Crippen LogP contribution in [0.5, 0.6) is 0 Å². The Hall–Kier alpha value is -3.41. The molecule has 1 aliphatic heterocycles. The zero-order chi connectivity index (χ0) is 24.9. The van der Waals surface area contributed by atoms with Crippen LogP contribution in [0.25, 0.3) is 0 Å². The molecule has 4 N–H and O–H groups in total. The van der Waals surface area contributed by atoms with Crippen molar-refractivity contribution in [3.8, 4) is 0 Å². The van der Waals surface area contributed by atoms with Crippen LogP contribution < -0.4 is 21.3 Å². The third-order valence-corrected chi connectivity index (χ3v) is 6.46. The Morgan fingerprint density at radius 1 is 1.03 bits per heavy atom. The number of amides is 2. The molecule has 10 heteroatoms. The molecular weight excluding hydrogens is 557 g/mol. The van der Waals surface area contributed by atoms with Crippen molar-refractivity contribution in [1.82, 2.24) is 15.1 Å². The van der Waals surface area contributed by atoms with Gasteiger partial charge in [-0.05, 0) is 77.0 Å². The Morgan fingerprint density at radius 2 is 1.74 bits per heavy atom. The number of nitrogens with zero attached hydrogens (tertiary/aromatic N) is 4. The quantitative estimate of drug-likeness (QED) is 0.364. The number of aromatic nitrogens is 2. The van der Waals surface area contributed by atoms with Crippen LogP contribution in [0.15, 0.2) is 48.5 Å². The second kappa shape index (κ2) is 10.9. The highest BCUT2D eigenvalue weighted by Gasteiger charge is 2.19. The minimum Gasteiger partial charge on any atom is -0.379 e. The maximum absolute atomic E-state index is 11.9.